The minimum atomic E-state index is -0.398. The Hall–Kier alpha value is -0.650. The third kappa shape index (κ3) is 1.31. The van der Waals surface area contributed by atoms with E-state index < -0.39 is 6.10 Å². The van der Waals surface area contributed by atoms with Gasteiger partial charge in [0.05, 0.1) is 19.3 Å². The maximum Gasteiger partial charge on any atom is 0.180 e. The van der Waals surface area contributed by atoms with Crippen molar-refractivity contribution in [2.24, 2.45) is 0 Å². The lowest BCUT2D eigenvalue weighted by Gasteiger charge is -2.07. The first-order valence-corrected chi connectivity index (χ1v) is 4.56. The second-order valence-corrected chi connectivity index (χ2v) is 3.91. The van der Waals surface area contributed by atoms with Crippen molar-refractivity contribution in [1.29, 1.82) is 0 Å². The summed E-state index contributed by atoms with van der Waals surface area (Å²) in [6, 6.07) is 0. The zero-order valence-electron chi connectivity index (χ0n) is 6.43. The lowest BCUT2D eigenvalue weighted by molar-refractivity contribution is 0.125. The third-order valence-corrected chi connectivity index (χ3v) is 2.92. The summed E-state index contributed by atoms with van der Waals surface area (Å²) >= 11 is 1.42. The smallest absolute Gasteiger partial charge is 0.180 e. The van der Waals surface area contributed by atoms with Gasteiger partial charge in [-0.3, -0.25) is 0 Å². The van der Waals surface area contributed by atoms with Gasteiger partial charge in [0.1, 0.15) is 0 Å². The van der Waals surface area contributed by atoms with Crippen molar-refractivity contribution in [3.8, 4) is 0 Å². The molecule has 1 saturated heterocycles. The van der Waals surface area contributed by atoms with E-state index in [0.29, 0.717) is 18.3 Å². The topological polar surface area (TPSA) is 68.4 Å². The molecule has 0 bridgehead atoms. The Balaban J connectivity index is 2.19. The standard InChI is InChI=1S/C7H10N2O2S/c8-7-9-1-6(12-7)4-2-11-3-5(4)10/h1,4-5,10H,2-3H2,(H2,8,9). The highest BCUT2D eigenvalue weighted by atomic mass is 32.1. The molecule has 0 spiro atoms. The number of nitrogen functional groups attached to an aromatic ring is 1. The molecule has 3 N–H and O–H groups in total. The second kappa shape index (κ2) is 3.01. The van der Waals surface area contributed by atoms with Crippen LogP contribution in [-0.2, 0) is 4.74 Å². The molecule has 5 heteroatoms. The first-order valence-electron chi connectivity index (χ1n) is 3.74. The van der Waals surface area contributed by atoms with Crippen LogP contribution in [0.25, 0.3) is 0 Å². The number of ether oxygens (including phenoxy) is 1. The van der Waals surface area contributed by atoms with Crippen LogP contribution < -0.4 is 5.73 Å². The zero-order valence-corrected chi connectivity index (χ0v) is 7.25. The normalized spacial score (nSPS) is 29.4. The van der Waals surface area contributed by atoms with Gasteiger partial charge in [0.15, 0.2) is 5.13 Å². The van der Waals surface area contributed by atoms with Crippen molar-refractivity contribution in [3.05, 3.63) is 11.1 Å². The van der Waals surface area contributed by atoms with E-state index in [1.807, 2.05) is 0 Å². The quantitative estimate of drug-likeness (QED) is 0.657. The number of aromatic nitrogens is 1. The fourth-order valence-corrected chi connectivity index (χ4v) is 2.12. The molecule has 1 aliphatic rings. The highest BCUT2D eigenvalue weighted by molar-refractivity contribution is 7.15. The maximum absolute atomic E-state index is 9.46. The average molecular weight is 186 g/mol. The first kappa shape index (κ1) is 7.97. The summed E-state index contributed by atoms with van der Waals surface area (Å²) in [6.45, 7) is 0.991. The summed E-state index contributed by atoms with van der Waals surface area (Å²) in [5.41, 5.74) is 5.48. The molecule has 2 atom stereocenters. The number of aliphatic hydroxyl groups excluding tert-OH is 1. The molecule has 0 radical (unpaired) electrons. The Morgan fingerprint density at radius 1 is 1.67 bits per heavy atom. The number of aliphatic hydroxyl groups is 1. The Bertz CT molecular complexity index is 276. The molecule has 0 saturated carbocycles. The van der Waals surface area contributed by atoms with Gasteiger partial charge in [-0.25, -0.2) is 4.98 Å². The molecular weight excluding hydrogens is 176 g/mol. The molecule has 1 fully saturated rings. The predicted octanol–water partition coefficient (Wildman–Crippen LogP) is 0.200. The molecule has 2 heterocycles. The van der Waals surface area contributed by atoms with Crippen LogP contribution >= 0.6 is 11.3 Å². The van der Waals surface area contributed by atoms with Crippen LogP contribution in [0.15, 0.2) is 6.20 Å². The molecule has 0 aromatic carbocycles. The van der Waals surface area contributed by atoms with E-state index in [1.54, 1.807) is 6.20 Å². The summed E-state index contributed by atoms with van der Waals surface area (Å²) in [5.74, 6) is 0.0693. The maximum atomic E-state index is 9.46. The van der Waals surface area contributed by atoms with Gasteiger partial charge in [-0.15, -0.1) is 11.3 Å². The lowest BCUT2D eigenvalue weighted by atomic mass is 10.1. The number of rotatable bonds is 1. The molecule has 1 aliphatic heterocycles. The van der Waals surface area contributed by atoms with Gasteiger partial charge in [0.2, 0.25) is 0 Å². The van der Waals surface area contributed by atoms with Gasteiger partial charge in [-0.2, -0.15) is 0 Å². The Morgan fingerprint density at radius 2 is 2.50 bits per heavy atom. The van der Waals surface area contributed by atoms with Crippen LogP contribution in [0.4, 0.5) is 5.13 Å². The molecular formula is C7H10N2O2S. The molecule has 0 aliphatic carbocycles. The van der Waals surface area contributed by atoms with Gasteiger partial charge in [0.25, 0.3) is 0 Å². The van der Waals surface area contributed by atoms with E-state index in [4.69, 9.17) is 10.5 Å². The van der Waals surface area contributed by atoms with E-state index in [-0.39, 0.29) is 5.92 Å². The van der Waals surface area contributed by atoms with Crippen molar-refractivity contribution in [2.75, 3.05) is 18.9 Å². The molecule has 12 heavy (non-hydrogen) atoms. The SMILES string of the molecule is Nc1ncc(C2COCC2O)s1. The molecule has 1 aromatic heterocycles. The Kier molecular flexibility index (Phi) is 2.00. The summed E-state index contributed by atoms with van der Waals surface area (Å²) < 4.78 is 5.12. The van der Waals surface area contributed by atoms with E-state index >= 15 is 0 Å². The summed E-state index contributed by atoms with van der Waals surface area (Å²) in [4.78, 5) is 4.94. The summed E-state index contributed by atoms with van der Waals surface area (Å²) in [7, 11) is 0. The fourth-order valence-electron chi connectivity index (χ4n) is 1.29. The molecule has 0 amide bonds. The Labute approximate surface area is 74.0 Å². The number of nitrogens with two attached hydrogens (primary N) is 1. The molecule has 1 aromatic rings. The third-order valence-electron chi connectivity index (χ3n) is 1.96. The summed E-state index contributed by atoms with van der Waals surface area (Å²) in [5, 5.41) is 10.0. The van der Waals surface area contributed by atoms with Crippen molar-refractivity contribution >= 4 is 16.5 Å². The fraction of sp³-hybridized carbons (Fsp3) is 0.571. The van der Waals surface area contributed by atoms with Crippen LogP contribution in [0.1, 0.15) is 10.8 Å². The number of thiazole rings is 1. The van der Waals surface area contributed by atoms with Crippen molar-refractivity contribution in [3.63, 3.8) is 0 Å². The van der Waals surface area contributed by atoms with Crippen molar-refractivity contribution in [1.82, 2.24) is 4.98 Å². The number of anilines is 1. The van der Waals surface area contributed by atoms with Gasteiger partial charge in [0, 0.05) is 17.0 Å². The lowest BCUT2D eigenvalue weighted by Crippen LogP contribution is -2.14. The molecule has 4 nitrogen and oxygen atoms in total. The monoisotopic (exact) mass is 186 g/mol. The van der Waals surface area contributed by atoms with Gasteiger partial charge >= 0.3 is 0 Å². The van der Waals surface area contributed by atoms with E-state index in [1.165, 1.54) is 11.3 Å². The number of hydrogen-bond donors (Lipinski definition) is 2. The highest BCUT2D eigenvalue weighted by Gasteiger charge is 2.29. The van der Waals surface area contributed by atoms with E-state index in [2.05, 4.69) is 4.98 Å². The largest absolute Gasteiger partial charge is 0.390 e. The first-order chi connectivity index (χ1) is 5.77. The summed E-state index contributed by atoms with van der Waals surface area (Å²) in [6.07, 6.45) is 1.31. The average Bonchev–Trinajstić information content (AvgIpc) is 2.58. The minimum absolute atomic E-state index is 0.0693. The van der Waals surface area contributed by atoms with Crippen LogP contribution in [-0.4, -0.2) is 29.4 Å². The Morgan fingerprint density at radius 3 is 3.00 bits per heavy atom. The zero-order chi connectivity index (χ0) is 8.55. The highest BCUT2D eigenvalue weighted by Crippen LogP contribution is 2.30. The predicted molar refractivity (Wildman–Crippen MR) is 46.1 cm³/mol. The van der Waals surface area contributed by atoms with Gasteiger partial charge in [-0.05, 0) is 0 Å². The van der Waals surface area contributed by atoms with E-state index in [9.17, 15) is 5.11 Å². The minimum Gasteiger partial charge on any atom is -0.390 e. The van der Waals surface area contributed by atoms with Gasteiger partial charge in [-0.1, -0.05) is 0 Å². The van der Waals surface area contributed by atoms with Crippen LogP contribution in [0.3, 0.4) is 0 Å². The van der Waals surface area contributed by atoms with Crippen molar-refractivity contribution in [2.45, 2.75) is 12.0 Å². The number of hydrogen-bond acceptors (Lipinski definition) is 5. The van der Waals surface area contributed by atoms with Crippen LogP contribution in [0.2, 0.25) is 0 Å². The molecule has 2 unspecified atom stereocenters. The second-order valence-electron chi connectivity index (χ2n) is 2.81. The van der Waals surface area contributed by atoms with Crippen LogP contribution in [0, 0.1) is 0 Å². The van der Waals surface area contributed by atoms with E-state index in [0.717, 1.165) is 4.88 Å². The van der Waals surface area contributed by atoms with Crippen molar-refractivity contribution < 1.29 is 9.84 Å². The van der Waals surface area contributed by atoms with Gasteiger partial charge < -0.3 is 15.6 Å². The van der Waals surface area contributed by atoms with Crippen LogP contribution in [0.5, 0.6) is 0 Å². The molecule has 66 valence electrons. The molecule has 2 rings (SSSR count). The number of nitrogens with zero attached hydrogens (tertiary/aromatic N) is 1.